The molecule has 172 valence electrons. The second-order valence-electron chi connectivity index (χ2n) is 9.18. The Hall–Kier alpha value is -2.67. The Morgan fingerprint density at radius 2 is 2.06 bits per heavy atom. The summed E-state index contributed by atoms with van der Waals surface area (Å²) in [7, 11) is 0. The number of hydrogen-bond donors (Lipinski definition) is 2. The highest BCUT2D eigenvalue weighted by Crippen LogP contribution is 2.43. The smallest absolute Gasteiger partial charge is 0.411 e. The Kier molecular flexibility index (Phi) is 6.79. The van der Waals surface area contributed by atoms with Crippen LogP contribution in [0.15, 0.2) is 16.6 Å². The third-order valence-electron chi connectivity index (χ3n) is 5.72. The van der Waals surface area contributed by atoms with Gasteiger partial charge in [-0.05, 0) is 79.6 Å². The fraction of sp³-hybridized carbons (Fsp3) is 0.545. The number of ether oxygens (including phenoxy) is 1. The zero-order valence-corrected chi connectivity index (χ0v) is 19.6. The SMILES string of the molecule is CC(C)(C)OC(=O)N1[C@@H]2CC[C@@H](C2)[C@H]1C(=O)N[C@H](C#N)Cc1cc(C(=O)O)c(Br)cc1F. The van der Waals surface area contributed by atoms with E-state index in [1.165, 1.54) is 4.90 Å². The number of benzene rings is 1. The fourth-order valence-electron chi connectivity index (χ4n) is 4.42. The summed E-state index contributed by atoms with van der Waals surface area (Å²) in [5, 5.41) is 21.4. The Bertz CT molecular complexity index is 987. The van der Waals surface area contributed by atoms with Crippen LogP contribution in [0, 0.1) is 23.1 Å². The number of nitrogens with one attached hydrogen (secondary N) is 1. The van der Waals surface area contributed by atoms with Gasteiger partial charge in [0.05, 0.1) is 11.6 Å². The zero-order chi connectivity index (χ0) is 23.8. The van der Waals surface area contributed by atoms with Crippen LogP contribution in [0.4, 0.5) is 9.18 Å². The minimum atomic E-state index is -1.24. The minimum absolute atomic E-state index is 0.00519. The highest BCUT2D eigenvalue weighted by molar-refractivity contribution is 9.10. The number of piperidine rings is 1. The van der Waals surface area contributed by atoms with Gasteiger partial charge in [0.15, 0.2) is 0 Å². The molecular formula is C22H25BrFN3O5. The summed E-state index contributed by atoms with van der Waals surface area (Å²) in [6.07, 6.45) is 1.50. The van der Waals surface area contributed by atoms with Crippen LogP contribution < -0.4 is 5.32 Å². The monoisotopic (exact) mass is 509 g/mol. The second-order valence-corrected chi connectivity index (χ2v) is 10.0. The second kappa shape index (κ2) is 9.06. The molecule has 0 aromatic heterocycles. The number of carbonyl (C=O) groups excluding carboxylic acids is 2. The van der Waals surface area contributed by atoms with Crippen molar-refractivity contribution >= 4 is 33.9 Å². The fourth-order valence-corrected chi connectivity index (χ4v) is 4.91. The van der Waals surface area contributed by atoms with E-state index in [2.05, 4.69) is 21.2 Å². The van der Waals surface area contributed by atoms with Gasteiger partial charge in [-0.1, -0.05) is 0 Å². The molecule has 1 aromatic carbocycles. The van der Waals surface area contributed by atoms with Gasteiger partial charge in [0, 0.05) is 16.9 Å². The number of carboxylic acid groups (broad SMARTS) is 1. The van der Waals surface area contributed by atoms with E-state index in [4.69, 9.17) is 4.74 Å². The summed E-state index contributed by atoms with van der Waals surface area (Å²) >= 11 is 3.00. The van der Waals surface area contributed by atoms with E-state index in [1.54, 1.807) is 20.8 Å². The van der Waals surface area contributed by atoms with Crippen LogP contribution in [0.2, 0.25) is 0 Å². The molecule has 1 heterocycles. The zero-order valence-electron chi connectivity index (χ0n) is 18.0. The van der Waals surface area contributed by atoms with E-state index in [-0.39, 0.29) is 34.0 Å². The number of likely N-dealkylation sites (tertiary alicyclic amines) is 1. The molecule has 3 rings (SSSR count). The average Bonchev–Trinajstić information content (AvgIpc) is 3.29. The maximum Gasteiger partial charge on any atom is 0.411 e. The minimum Gasteiger partial charge on any atom is -0.478 e. The maximum atomic E-state index is 14.4. The number of nitriles is 1. The quantitative estimate of drug-likeness (QED) is 0.625. The number of fused-ring (bicyclic) bond motifs is 2. The van der Waals surface area contributed by atoms with Crippen LogP contribution in [0.25, 0.3) is 0 Å². The van der Waals surface area contributed by atoms with Crippen molar-refractivity contribution in [1.82, 2.24) is 10.2 Å². The predicted octanol–water partition coefficient (Wildman–Crippen LogP) is 3.63. The van der Waals surface area contributed by atoms with Crippen molar-refractivity contribution in [3.8, 4) is 6.07 Å². The van der Waals surface area contributed by atoms with E-state index >= 15 is 0 Å². The van der Waals surface area contributed by atoms with Crippen molar-refractivity contribution in [2.45, 2.75) is 70.2 Å². The van der Waals surface area contributed by atoms with Crippen molar-refractivity contribution in [2.75, 3.05) is 0 Å². The summed E-state index contributed by atoms with van der Waals surface area (Å²) in [5.41, 5.74) is -0.862. The number of amides is 2. The van der Waals surface area contributed by atoms with Crippen molar-refractivity contribution in [2.24, 2.45) is 5.92 Å². The topological polar surface area (TPSA) is 120 Å². The van der Waals surface area contributed by atoms with Crippen LogP contribution in [-0.2, 0) is 16.0 Å². The molecule has 2 aliphatic rings. The number of hydrogen-bond acceptors (Lipinski definition) is 5. The number of rotatable bonds is 5. The van der Waals surface area contributed by atoms with Crippen molar-refractivity contribution in [1.29, 1.82) is 5.26 Å². The van der Waals surface area contributed by atoms with Gasteiger partial charge in [-0.25, -0.2) is 14.0 Å². The van der Waals surface area contributed by atoms with E-state index in [1.807, 2.05) is 6.07 Å². The first kappa shape index (κ1) is 24.0. The van der Waals surface area contributed by atoms with Crippen LogP contribution in [0.1, 0.15) is 56.0 Å². The lowest BCUT2D eigenvalue weighted by molar-refractivity contribution is -0.128. The molecule has 1 saturated heterocycles. The highest BCUT2D eigenvalue weighted by atomic mass is 79.9. The van der Waals surface area contributed by atoms with Gasteiger partial charge in [-0.3, -0.25) is 9.69 Å². The summed E-state index contributed by atoms with van der Waals surface area (Å²) in [4.78, 5) is 38.6. The molecule has 32 heavy (non-hydrogen) atoms. The lowest BCUT2D eigenvalue weighted by Crippen LogP contribution is -2.55. The molecule has 0 radical (unpaired) electrons. The van der Waals surface area contributed by atoms with Crippen LogP contribution >= 0.6 is 15.9 Å². The molecule has 0 spiro atoms. The first-order valence-electron chi connectivity index (χ1n) is 10.3. The van der Waals surface area contributed by atoms with Gasteiger partial charge in [0.2, 0.25) is 5.91 Å². The van der Waals surface area contributed by atoms with Gasteiger partial charge < -0.3 is 15.2 Å². The molecule has 2 bridgehead atoms. The molecular weight excluding hydrogens is 485 g/mol. The number of carbonyl (C=O) groups is 3. The highest BCUT2D eigenvalue weighted by Gasteiger charge is 2.52. The molecule has 10 heteroatoms. The van der Waals surface area contributed by atoms with Gasteiger partial charge >= 0.3 is 12.1 Å². The predicted molar refractivity (Wildman–Crippen MR) is 115 cm³/mol. The molecule has 0 unspecified atom stereocenters. The third kappa shape index (κ3) is 5.04. The van der Waals surface area contributed by atoms with E-state index < -0.39 is 41.5 Å². The van der Waals surface area contributed by atoms with E-state index in [9.17, 15) is 29.1 Å². The molecule has 4 atom stereocenters. The first-order chi connectivity index (χ1) is 14.9. The molecule has 2 fully saturated rings. The van der Waals surface area contributed by atoms with Crippen LogP contribution in [-0.4, -0.2) is 51.7 Å². The van der Waals surface area contributed by atoms with Gasteiger partial charge in [-0.15, -0.1) is 0 Å². The van der Waals surface area contributed by atoms with Gasteiger partial charge in [-0.2, -0.15) is 5.26 Å². The average molecular weight is 510 g/mol. The summed E-state index contributed by atoms with van der Waals surface area (Å²) in [6, 6.07) is 2.15. The van der Waals surface area contributed by atoms with Crippen LogP contribution in [0.5, 0.6) is 0 Å². The van der Waals surface area contributed by atoms with Crippen LogP contribution in [0.3, 0.4) is 0 Å². The molecule has 1 saturated carbocycles. The first-order valence-corrected chi connectivity index (χ1v) is 11.1. The summed E-state index contributed by atoms with van der Waals surface area (Å²) < 4.78 is 19.9. The lowest BCUT2D eigenvalue weighted by Gasteiger charge is -2.35. The lowest BCUT2D eigenvalue weighted by atomic mass is 9.97. The largest absolute Gasteiger partial charge is 0.478 e. The molecule has 2 amide bonds. The Balaban J connectivity index is 1.76. The van der Waals surface area contributed by atoms with Crippen molar-refractivity contribution < 1.29 is 28.6 Å². The van der Waals surface area contributed by atoms with Crippen molar-refractivity contribution in [3.05, 3.63) is 33.5 Å². The Morgan fingerprint density at radius 3 is 2.66 bits per heavy atom. The summed E-state index contributed by atoms with van der Waals surface area (Å²) in [6.45, 7) is 5.24. The number of carboxylic acids is 1. The summed E-state index contributed by atoms with van der Waals surface area (Å²) in [5.74, 6) is -2.46. The van der Waals surface area contributed by atoms with Gasteiger partial charge in [0.25, 0.3) is 0 Å². The number of aromatic carboxylic acids is 1. The standard InChI is InChI=1S/C22H25BrFN3O5/c1-22(2,3)32-21(31)27-14-5-4-11(7-14)18(27)19(28)26-13(10-25)6-12-8-15(20(29)30)16(23)9-17(12)24/h8-9,11,13-14,18H,4-7H2,1-3H3,(H,26,28)(H,29,30)/t11-,13-,14+,18-/m0/s1. The van der Waals surface area contributed by atoms with E-state index in [0.29, 0.717) is 6.42 Å². The Labute approximate surface area is 193 Å². The number of nitrogens with zero attached hydrogens (tertiary/aromatic N) is 2. The molecule has 1 aliphatic carbocycles. The molecule has 2 N–H and O–H groups in total. The normalized spacial score (nSPS) is 22.9. The Morgan fingerprint density at radius 1 is 1.38 bits per heavy atom. The maximum absolute atomic E-state index is 14.4. The third-order valence-corrected chi connectivity index (χ3v) is 6.38. The molecule has 1 aromatic rings. The van der Waals surface area contributed by atoms with E-state index in [0.717, 1.165) is 25.0 Å². The molecule has 1 aliphatic heterocycles. The number of halogens is 2. The van der Waals surface area contributed by atoms with Gasteiger partial charge in [0.1, 0.15) is 23.5 Å². The molecule has 8 nitrogen and oxygen atoms in total. The van der Waals surface area contributed by atoms with Crippen molar-refractivity contribution in [3.63, 3.8) is 0 Å².